The van der Waals surface area contributed by atoms with Crippen molar-refractivity contribution in [1.82, 2.24) is 9.80 Å². The minimum absolute atomic E-state index is 0.496. The van der Waals surface area contributed by atoms with Gasteiger partial charge in [-0.05, 0) is 31.1 Å². The Kier molecular flexibility index (Phi) is 6.16. The number of hydrogen-bond donors (Lipinski definition) is 0. The zero-order valence-electron chi connectivity index (χ0n) is 12.8. The Balaban J connectivity index is 1.79. The molecule has 0 unspecified atom stereocenters. The molecule has 2 fully saturated rings. The number of hydrogen-bond acceptors (Lipinski definition) is 2. The van der Waals surface area contributed by atoms with E-state index in [0.29, 0.717) is 5.41 Å². The normalized spacial score (nSPS) is 24.2. The van der Waals surface area contributed by atoms with Crippen LogP contribution in [0.4, 0.5) is 0 Å². The van der Waals surface area contributed by atoms with E-state index in [0.717, 1.165) is 11.4 Å². The molecule has 0 aromatic carbocycles. The molecule has 2 rings (SSSR count). The van der Waals surface area contributed by atoms with Gasteiger partial charge in [0.2, 0.25) is 0 Å². The first-order chi connectivity index (χ1) is 9.23. The molecule has 3 heteroatoms. The number of piperazine rings is 1. The van der Waals surface area contributed by atoms with Gasteiger partial charge >= 0.3 is 0 Å². The second-order valence-corrected chi connectivity index (χ2v) is 7.15. The maximum absolute atomic E-state index is 3.75. The van der Waals surface area contributed by atoms with Crippen LogP contribution in [-0.4, -0.2) is 53.9 Å². The van der Waals surface area contributed by atoms with E-state index in [4.69, 9.17) is 0 Å². The fraction of sp³-hybridized carbons (Fsp3) is 1.00. The Hall–Kier alpha value is 0.400. The number of nitrogens with zero attached hydrogens (tertiary/aromatic N) is 2. The molecule has 0 aromatic rings. The Labute approximate surface area is 128 Å². The quantitative estimate of drug-likeness (QED) is 0.684. The van der Waals surface area contributed by atoms with Gasteiger partial charge < -0.3 is 4.90 Å². The minimum atomic E-state index is 0.496. The fourth-order valence-electron chi connectivity index (χ4n) is 3.74. The molecule has 0 atom stereocenters. The van der Waals surface area contributed by atoms with E-state index in [9.17, 15) is 0 Å². The molecule has 0 spiro atoms. The molecule has 1 saturated carbocycles. The van der Waals surface area contributed by atoms with Crippen LogP contribution in [0.2, 0.25) is 0 Å². The van der Waals surface area contributed by atoms with Gasteiger partial charge in [0.05, 0.1) is 0 Å². The van der Waals surface area contributed by atoms with Crippen molar-refractivity contribution in [3.63, 3.8) is 0 Å². The molecule has 1 saturated heterocycles. The van der Waals surface area contributed by atoms with Gasteiger partial charge in [-0.25, -0.2) is 0 Å². The molecule has 1 heterocycles. The summed E-state index contributed by atoms with van der Waals surface area (Å²) in [5, 5.41) is 1.15. The highest BCUT2D eigenvalue weighted by Gasteiger charge is 2.31. The molecule has 112 valence electrons. The van der Waals surface area contributed by atoms with E-state index < -0.39 is 0 Å². The predicted molar refractivity (Wildman–Crippen MR) is 87.1 cm³/mol. The molecular weight excluding hydrogens is 300 g/mol. The van der Waals surface area contributed by atoms with Gasteiger partial charge in [0, 0.05) is 44.1 Å². The topological polar surface area (TPSA) is 6.48 Å². The maximum Gasteiger partial charge on any atom is 0.0113 e. The van der Waals surface area contributed by atoms with Crippen LogP contribution in [0.15, 0.2) is 0 Å². The van der Waals surface area contributed by atoms with Gasteiger partial charge in [0.1, 0.15) is 0 Å². The highest BCUT2D eigenvalue weighted by Crippen LogP contribution is 2.31. The summed E-state index contributed by atoms with van der Waals surface area (Å²) in [6.45, 7) is 11.1. The largest absolute Gasteiger partial charge is 0.300 e. The Morgan fingerprint density at radius 3 is 2.05 bits per heavy atom. The van der Waals surface area contributed by atoms with Crippen LogP contribution in [-0.2, 0) is 0 Å². The summed E-state index contributed by atoms with van der Waals surface area (Å²) >= 11 is 3.75. The predicted octanol–water partition coefficient (Wildman–Crippen LogP) is 3.75. The van der Waals surface area contributed by atoms with Crippen LogP contribution >= 0.6 is 15.9 Å². The maximum atomic E-state index is 3.75. The van der Waals surface area contributed by atoms with Crippen molar-refractivity contribution in [2.24, 2.45) is 5.41 Å². The molecular formula is C16H31BrN2. The standard InChI is InChI=1S/C16H31BrN2/c1-3-16(4-2,13-17)14-18-9-11-19(12-10-18)15-7-5-6-8-15/h15H,3-14H2,1-2H3. The molecule has 2 aliphatic rings. The van der Waals surface area contributed by atoms with Crippen LogP contribution in [0.25, 0.3) is 0 Å². The fourth-order valence-corrected chi connectivity index (χ4v) is 4.71. The van der Waals surface area contributed by atoms with Gasteiger partial charge in [-0.15, -0.1) is 0 Å². The summed E-state index contributed by atoms with van der Waals surface area (Å²) in [7, 11) is 0. The second kappa shape index (κ2) is 7.42. The highest BCUT2D eigenvalue weighted by atomic mass is 79.9. The van der Waals surface area contributed by atoms with E-state index in [1.807, 2.05) is 0 Å². The van der Waals surface area contributed by atoms with E-state index >= 15 is 0 Å². The van der Waals surface area contributed by atoms with Crippen LogP contribution in [0.5, 0.6) is 0 Å². The van der Waals surface area contributed by atoms with Crippen molar-refractivity contribution in [2.75, 3.05) is 38.1 Å². The smallest absolute Gasteiger partial charge is 0.0113 e. The van der Waals surface area contributed by atoms with Gasteiger partial charge in [0.25, 0.3) is 0 Å². The first kappa shape index (κ1) is 15.8. The summed E-state index contributed by atoms with van der Waals surface area (Å²) in [5.41, 5.74) is 0.496. The molecule has 0 bridgehead atoms. The summed E-state index contributed by atoms with van der Waals surface area (Å²) in [6, 6.07) is 0.917. The van der Waals surface area contributed by atoms with E-state index in [1.54, 1.807) is 0 Å². The van der Waals surface area contributed by atoms with Crippen molar-refractivity contribution in [3.05, 3.63) is 0 Å². The lowest BCUT2D eigenvalue weighted by Crippen LogP contribution is -2.52. The van der Waals surface area contributed by atoms with Crippen molar-refractivity contribution in [1.29, 1.82) is 0 Å². The third-order valence-corrected chi connectivity index (χ3v) is 6.78. The van der Waals surface area contributed by atoms with Gasteiger partial charge in [-0.3, -0.25) is 4.90 Å². The van der Waals surface area contributed by atoms with Crippen LogP contribution < -0.4 is 0 Å². The summed E-state index contributed by atoms with van der Waals surface area (Å²) in [4.78, 5) is 5.47. The molecule has 2 nitrogen and oxygen atoms in total. The third-order valence-electron chi connectivity index (χ3n) is 5.59. The molecule has 1 aliphatic carbocycles. The minimum Gasteiger partial charge on any atom is -0.300 e. The van der Waals surface area contributed by atoms with Crippen LogP contribution in [0, 0.1) is 5.41 Å². The molecule has 0 N–H and O–H groups in total. The average Bonchev–Trinajstić information content (AvgIpc) is 3.00. The first-order valence-electron chi connectivity index (χ1n) is 8.25. The van der Waals surface area contributed by atoms with E-state index in [2.05, 4.69) is 39.6 Å². The lowest BCUT2D eigenvalue weighted by molar-refractivity contribution is 0.0677. The summed E-state index contributed by atoms with van der Waals surface area (Å²) < 4.78 is 0. The lowest BCUT2D eigenvalue weighted by atomic mass is 9.84. The molecule has 19 heavy (non-hydrogen) atoms. The van der Waals surface area contributed by atoms with Crippen LogP contribution in [0.1, 0.15) is 52.4 Å². The zero-order valence-corrected chi connectivity index (χ0v) is 14.4. The van der Waals surface area contributed by atoms with Gasteiger partial charge in [-0.2, -0.15) is 0 Å². The SMILES string of the molecule is CCC(CC)(CBr)CN1CCN(C2CCCC2)CC1. The Morgan fingerprint density at radius 2 is 1.58 bits per heavy atom. The van der Waals surface area contributed by atoms with Gasteiger partial charge in [-0.1, -0.05) is 42.6 Å². The molecule has 0 amide bonds. The summed E-state index contributed by atoms with van der Waals surface area (Å²) in [6.07, 6.45) is 8.41. The lowest BCUT2D eigenvalue weighted by Gasteiger charge is -2.42. The molecule has 0 aromatic heterocycles. The van der Waals surface area contributed by atoms with Crippen molar-refractivity contribution in [3.8, 4) is 0 Å². The number of alkyl halides is 1. The van der Waals surface area contributed by atoms with Crippen molar-refractivity contribution in [2.45, 2.75) is 58.4 Å². The van der Waals surface area contributed by atoms with E-state index in [-0.39, 0.29) is 0 Å². The highest BCUT2D eigenvalue weighted by molar-refractivity contribution is 9.09. The monoisotopic (exact) mass is 330 g/mol. The second-order valence-electron chi connectivity index (χ2n) is 6.59. The summed E-state index contributed by atoms with van der Waals surface area (Å²) in [5.74, 6) is 0. The Bertz CT molecular complexity index is 243. The number of halogens is 1. The van der Waals surface area contributed by atoms with Crippen LogP contribution in [0.3, 0.4) is 0 Å². The van der Waals surface area contributed by atoms with E-state index in [1.165, 1.54) is 71.2 Å². The molecule has 1 aliphatic heterocycles. The van der Waals surface area contributed by atoms with Crippen molar-refractivity contribution < 1.29 is 0 Å². The third kappa shape index (κ3) is 3.95. The number of rotatable bonds is 6. The first-order valence-corrected chi connectivity index (χ1v) is 9.37. The average molecular weight is 331 g/mol. The zero-order chi connectivity index (χ0) is 13.7. The van der Waals surface area contributed by atoms with Crippen molar-refractivity contribution >= 4 is 15.9 Å². The van der Waals surface area contributed by atoms with Gasteiger partial charge in [0.15, 0.2) is 0 Å². The molecule has 0 radical (unpaired) electrons. The Morgan fingerprint density at radius 1 is 1.00 bits per heavy atom.